The van der Waals surface area contributed by atoms with E-state index in [4.69, 9.17) is 0 Å². The summed E-state index contributed by atoms with van der Waals surface area (Å²) < 4.78 is 84.5. The standard InChI is InChI=1S/C29H24F6/c1-2-3-4-5-18-10-12-23(28(34)27(18)33)21-11-13-22-20(16-21)9-8-19(26(22)32)7-6-17-14-24(30)29(35)25(31)15-17/h8-10,12,14-15,21H,2-5,11,13,16H2,1H3. The van der Waals surface area contributed by atoms with E-state index in [0.717, 1.165) is 31.4 Å². The number of benzene rings is 3. The molecular formula is C29H24F6. The van der Waals surface area contributed by atoms with Crippen molar-refractivity contribution in [3.05, 3.63) is 105 Å². The molecule has 3 aromatic rings. The Morgan fingerprint density at radius 1 is 0.800 bits per heavy atom. The molecule has 0 saturated carbocycles. The Morgan fingerprint density at radius 2 is 1.54 bits per heavy atom. The van der Waals surface area contributed by atoms with E-state index in [1.807, 2.05) is 6.92 Å². The number of hydrogen-bond acceptors (Lipinski definition) is 0. The van der Waals surface area contributed by atoms with Gasteiger partial charge in [0.1, 0.15) is 5.82 Å². The van der Waals surface area contributed by atoms with E-state index in [1.165, 1.54) is 6.07 Å². The lowest BCUT2D eigenvalue weighted by Crippen LogP contribution is -2.17. The summed E-state index contributed by atoms with van der Waals surface area (Å²) in [5, 5.41) is 0. The maximum absolute atomic E-state index is 15.1. The zero-order valence-corrected chi connectivity index (χ0v) is 19.3. The van der Waals surface area contributed by atoms with Crippen molar-refractivity contribution in [2.24, 2.45) is 0 Å². The van der Waals surface area contributed by atoms with Crippen LogP contribution >= 0.6 is 0 Å². The van der Waals surface area contributed by atoms with Crippen molar-refractivity contribution < 1.29 is 26.3 Å². The van der Waals surface area contributed by atoms with E-state index < -0.39 is 34.9 Å². The molecule has 1 unspecified atom stereocenters. The molecule has 1 aliphatic carbocycles. The molecule has 35 heavy (non-hydrogen) atoms. The summed E-state index contributed by atoms with van der Waals surface area (Å²) in [4.78, 5) is 0. The van der Waals surface area contributed by atoms with Crippen LogP contribution in [0.15, 0.2) is 36.4 Å². The maximum atomic E-state index is 15.1. The van der Waals surface area contributed by atoms with E-state index in [1.54, 1.807) is 18.2 Å². The Hall–Kier alpha value is -3.20. The van der Waals surface area contributed by atoms with Crippen LogP contribution < -0.4 is 0 Å². The van der Waals surface area contributed by atoms with E-state index in [2.05, 4.69) is 11.8 Å². The highest BCUT2D eigenvalue weighted by Gasteiger charge is 2.27. The Morgan fingerprint density at radius 3 is 2.26 bits per heavy atom. The lowest BCUT2D eigenvalue weighted by molar-refractivity contribution is 0.446. The average Bonchev–Trinajstić information content (AvgIpc) is 2.84. The van der Waals surface area contributed by atoms with Crippen LogP contribution in [-0.4, -0.2) is 0 Å². The van der Waals surface area contributed by atoms with Gasteiger partial charge in [-0.05, 0) is 78.5 Å². The molecule has 0 N–H and O–H groups in total. The van der Waals surface area contributed by atoms with Gasteiger partial charge in [-0.2, -0.15) is 0 Å². The predicted molar refractivity (Wildman–Crippen MR) is 123 cm³/mol. The van der Waals surface area contributed by atoms with Crippen LogP contribution in [0.2, 0.25) is 0 Å². The first-order valence-corrected chi connectivity index (χ1v) is 11.7. The molecule has 3 aromatic carbocycles. The largest absolute Gasteiger partial charge is 0.205 e. The first-order chi connectivity index (χ1) is 16.8. The van der Waals surface area contributed by atoms with Gasteiger partial charge in [0, 0.05) is 5.56 Å². The number of fused-ring (bicyclic) bond motifs is 1. The van der Waals surface area contributed by atoms with Crippen molar-refractivity contribution >= 4 is 0 Å². The Labute approximate surface area is 201 Å². The van der Waals surface area contributed by atoms with E-state index >= 15 is 4.39 Å². The monoisotopic (exact) mass is 486 g/mol. The average molecular weight is 486 g/mol. The van der Waals surface area contributed by atoms with Gasteiger partial charge in [0.15, 0.2) is 29.1 Å². The minimum absolute atomic E-state index is 0.0426. The van der Waals surface area contributed by atoms with Crippen molar-refractivity contribution in [3.63, 3.8) is 0 Å². The van der Waals surface area contributed by atoms with Gasteiger partial charge in [-0.3, -0.25) is 0 Å². The van der Waals surface area contributed by atoms with E-state index in [9.17, 15) is 22.0 Å². The molecule has 0 spiro atoms. The molecule has 1 atom stereocenters. The second-order valence-electron chi connectivity index (χ2n) is 8.91. The van der Waals surface area contributed by atoms with Crippen LogP contribution in [0.1, 0.15) is 71.9 Å². The van der Waals surface area contributed by atoms with Crippen LogP contribution in [0, 0.1) is 46.7 Å². The lowest BCUT2D eigenvalue weighted by Gasteiger charge is -2.26. The highest BCUT2D eigenvalue weighted by molar-refractivity contribution is 5.48. The molecule has 0 aliphatic heterocycles. The number of hydrogen-bond donors (Lipinski definition) is 0. The molecule has 182 valence electrons. The number of halogens is 6. The fourth-order valence-corrected chi connectivity index (χ4v) is 4.62. The van der Waals surface area contributed by atoms with Gasteiger partial charge in [0.25, 0.3) is 0 Å². The molecule has 0 amide bonds. The van der Waals surface area contributed by atoms with Gasteiger partial charge >= 0.3 is 0 Å². The molecule has 0 aromatic heterocycles. The summed E-state index contributed by atoms with van der Waals surface area (Å²) in [6.07, 6.45) is 4.38. The van der Waals surface area contributed by atoms with Crippen LogP contribution in [0.3, 0.4) is 0 Å². The van der Waals surface area contributed by atoms with Gasteiger partial charge < -0.3 is 0 Å². The third-order valence-corrected chi connectivity index (χ3v) is 6.56. The number of rotatable bonds is 5. The van der Waals surface area contributed by atoms with Gasteiger partial charge in [0.2, 0.25) is 0 Å². The van der Waals surface area contributed by atoms with Crippen LogP contribution in [-0.2, 0) is 19.3 Å². The molecule has 0 bridgehead atoms. The van der Waals surface area contributed by atoms with Crippen LogP contribution in [0.5, 0.6) is 0 Å². The Kier molecular flexibility index (Phi) is 7.54. The molecule has 0 saturated heterocycles. The summed E-state index contributed by atoms with van der Waals surface area (Å²) in [5.41, 5.74) is 1.75. The third kappa shape index (κ3) is 5.24. The maximum Gasteiger partial charge on any atom is 0.194 e. The molecule has 0 fully saturated rings. The van der Waals surface area contributed by atoms with Crippen molar-refractivity contribution in [3.8, 4) is 11.8 Å². The van der Waals surface area contributed by atoms with Crippen molar-refractivity contribution in [1.82, 2.24) is 0 Å². The Balaban J connectivity index is 1.55. The summed E-state index contributed by atoms with van der Waals surface area (Å²) in [6.45, 7) is 2.05. The third-order valence-electron chi connectivity index (χ3n) is 6.56. The molecular weight excluding hydrogens is 462 g/mol. The minimum Gasteiger partial charge on any atom is -0.205 e. The minimum atomic E-state index is -1.59. The van der Waals surface area contributed by atoms with Gasteiger partial charge in [-0.1, -0.05) is 49.8 Å². The molecule has 6 heteroatoms. The lowest BCUT2D eigenvalue weighted by atomic mass is 9.79. The summed E-state index contributed by atoms with van der Waals surface area (Å²) >= 11 is 0. The van der Waals surface area contributed by atoms with Crippen molar-refractivity contribution in [2.75, 3.05) is 0 Å². The zero-order valence-electron chi connectivity index (χ0n) is 19.3. The van der Waals surface area contributed by atoms with Gasteiger partial charge in [-0.15, -0.1) is 0 Å². The molecule has 4 rings (SSSR count). The fraction of sp³-hybridized carbons (Fsp3) is 0.310. The highest BCUT2D eigenvalue weighted by atomic mass is 19.2. The van der Waals surface area contributed by atoms with Crippen LogP contribution in [0.25, 0.3) is 0 Å². The van der Waals surface area contributed by atoms with E-state index in [0.29, 0.717) is 47.9 Å². The summed E-state index contributed by atoms with van der Waals surface area (Å²) in [5.74, 6) is -1.77. The molecule has 0 heterocycles. The van der Waals surface area contributed by atoms with Gasteiger partial charge in [0.05, 0.1) is 5.56 Å². The van der Waals surface area contributed by atoms with Crippen LogP contribution in [0.4, 0.5) is 26.3 Å². The first kappa shape index (κ1) is 24.9. The topological polar surface area (TPSA) is 0 Å². The summed E-state index contributed by atoms with van der Waals surface area (Å²) in [6, 6.07) is 7.93. The second kappa shape index (κ2) is 10.6. The normalized spacial score (nSPS) is 14.9. The van der Waals surface area contributed by atoms with E-state index in [-0.39, 0.29) is 17.0 Å². The second-order valence-corrected chi connectivity index (χ2v) is 8.91. The van der Waals surface area contributed by atoms with Gasteiger partial charge in [-0.25, -0.2) is 26.3 Å². The smallest absolute Gasteiger partial charge is 0.194 e. The number of aryl methyl sites for hydroxylation is 1. The number of unbranched alkanes of at least 4 members (excludes halogenated alkanes) is 2. The first-order valence-electron chi connectivity index (χ1n) is 11.7. The highest BCUT2D eigenvalue weighted by Crippen LogP contribution is 2.36. The molecule has 0 nitrogen and oxygen atoms in total. The quantitative estimate of drug-likeness (QED) is 0.149. The van der Waals surface area contributed by atoms with Crippen molar-refractivity contribution in [1.29, 1.82) is 0 Å². The predicted octanol–water partition coefficient (Wildman–Crippen LogP) is 7.93. The Bertz CT molecular complexity index is 1290. The summed E-state index contributed by atoms with van der Waals surface area (Å²) in [7, 11) is 0. The fourth-order valence-electron chi connectivity index (χ4n) is 4.62. The van der Waals surface area contributed by atoms with Crippen molar-refractivity contribution in [2.45, 2.75) is 57.8 Å². The zero-order chi connectivity index (χ0) is 25.1. The molecule has 1 aliphatic rings. The molecule has 0 radical (unpaired) electrons. The SMILES string of the molecule is CCCCCc1ccc(C2CCc3c(ccc(C#Cc4cc(F)c(F)c(F)c4)c3F)C2)c(F)c1F.